The number of hydrogen-bond donors (Lipinski definition) is 0. The van der Waals surface area contributed by atoms with Gasteiger partial charge in [-0.2, -0.15) is 5.26 Å². The second-order valence-corrected chi connectivity index (χ2v) is 37.1. The molecule has 2 aromatic heterocycles. The standard InChI is InChI=1S/C114H93BN6/c1-111(2,3)83-40-26-36-76(58-83)94-63-80(74-34-25-31-72(57-74)71-116)64-95(77-37-27-41-84(59-77)112(4,5)6)109(94)120-104-69-88(118-100-49-21-17-45-90(100)91-46-18-22-50-101(91)118)53-55-98(104)115-99-56-54-89(119-102-51-23-19-47-92(102)93-48-20-24-52-103(93)119)70-105(99)121(107-68-82(67-106(120)108(107)115)73-32-15-14-16-33-73)110-96(78-38-28-42-85(60-78)113(7,8)9)65-81(75-35-30-44-87(62-75)117-13)66-97(110)79-39-29-43-86(61-79)114(10,11)12/h14-70H,1-12H3. The molecular weight excluding hydrogens is 1460 g/mol. The fraction of sp³-hybridized carbons (Fsp3) is 0.140. The minimum Gasteiger partial charge on any atom is -0.310 e. The summed E-state index contributed by atoms with van der Waals surface area (Å²) < 4.78 is 4.97. The number of anilines is 6. The van der Waals surface area contributed by atoms with Gasteiger partial charge >= 0.3 is 0 Å². The molecule has 0 fully saturated rings. The first-order valence-electron chi connectivity index (χ1n) is 42.3. The molecule has 4 heterocycles. The molecule has 0 amide bonds. The predicted molar refractivity (Wildman–Crippen MR) is 513 cm³/mol. The van der Waals surface area contributed by atoms with Crippen molar-refractivity contribution in [3.8, 4) is 95.3 Å². The summed E-state index contributed by atoms with van der Waals surface area (Å²) in [7, 11) is 0. The van der Waals surface area contributed by atoms with E-state index in [-0.39, 0.29) is 28.4 Å². The third-order valence-electron chi connectivity index (χ3n) is 25.3. The first-order valence-corrected chi connectivity index (χ1v) is 42.3. The SMILES string of the molecule is [C-]#[N+]c1cccc(-c2cc(-c3cccc(C(C)(C)C)c3)c(N3c4cc(-n5c6ccccc6c6ccccc65)ccc4B4c5ccc(-n6c7ccccc7c7ccccc76)cc5N(c5c(-c6cccc(C(C)(C)C)c6)cc(-c6cccc(C#N)c6)cc5-c5cccc(C(C)(C)C)c5)c5cc(-c6ccccc6)cc3c54)c(-c3cccc(C(C)(C)C)c3)c2)c1. The van der Waals surface area contributed by atoms with Crippen LogP contribution in [0, 0.1) is 17.9 Å². The Morgan fingerprint density at radius 1 is 0.281 bits per heavy atom. The smallest absolute Gasteiger partial charge is 0.252 e. The lowest BCUT2D eigenvalue weighted by molar-refractivity contribution is 0.590. The molecule has 0 bridgehead atoms. The van der Waals surface area contributed by atoms with Crippen LogP contribution in [-0.2, 0) is 21.7 Å². The average molecular weight is 1560 g/mol. The normalized spacial score (nSPS) is 12.7. The molecule has 0 radical (unpaired) electrons. The van der Waals surface area contributed by atoms with Crippen molar-refractivity contribution in [3.05, 3.63) is 385 Å². The van der Waals surface area contributed by atoms with Crippen molar-refractivity contribution in [2.75, 3.05) is 9.80 Å². The van der Waals surface area contributed by atoms with Crippen molar-refractivity contribution < 1.29 is 0 Å². The van der Waals surface area contributed by atoms with Crippen LogP contribution in [0.5, 0.6) is 0 Å². The van der Waals surface area contributed by atoms with E-state index in [0.29, 0.717) is 11.3 Å². The Morgan fingerprint density at radius 2 is 0.603 bits per heavy atom. The Bertz CT molecular complexity index is 6690. The largest absolute Gasteiger partial charge is 0.310 e. The van der Waals surface area contributed by atoms with Gasteiger partial charge in [-0.25, -0.2) is 4.85 Å². The molecule has 0 aliphatic carbocycles. The van der Waals surface area contributed by atoms with E-state index in [9.17, 15) is 5.26 Å². The van der Waals surface area contributed by atoms with E-state index in [4.69, 9.17) is 6.57 Å². The first kappa shape index (κ1) is 75.5. The highest BCUT2D eigenvalue weighted by atomic mass is 15.2. The number of para-hydroxylation sites is 4. The highest BCUT2D eigenvalue weighted by molar-refractivity contribution is 7.00. The molecule has 7 heteroatoms. The zero-order chi connectivity index (χ0) is 83.1. The lowest BCUT2D eigenvalue weighted by atomic mass is 9.33. The van der Waals surface area contributed by atoms with E-state index in [2.05, 4.69) is 434 Å². The molecular formula is C114H93BN6. The summed E-state index contributed by atoms with van der Waals surface area (Å²) in [5.74, 6) is 0. The number of benzene rings is 16. The van der Waals surface area contributed by atoms with E-state index in [1.54, 1.807) is 0 Å². The zero-order valence-corrected chi connectivity index (χ0v) is 70.7. The van der Waals surface area contributed by atoms with Crippen LogP contribution in [0.4, 0.5) is 39.8 Å². The van der Waals surface area contributed by atoms with Crippen molar-refractivity contribution >= 4 is 107 Å². The second-order valence-electron chi connectivity index (χ2n) is 37.1. The molecule has 0 saturated heterocycles. The van der Waals surface area contributed by atoms with Crippen molar-refractivity contribution in [1.82, 2.24) is 9.13 Å². The van der Waals surface area contributed by atoms with Crippen LogP contribution in [0.2, 0.25) is 0 Å². The fourth-order valence-electron chi connectivity index (χ4n) is 19.0. The van der Waals surface area contributed by atoms with Gasteiger partial charge < -0.3 is 18.9 Å². The van der Waals surface area contributed by atoms with Crippen LogP contribution in [0.3, 0.4) is 0 Å². The van der Waals surface area contributed by atoms with Gasteiger partial charge in [0.25, 0.3) is 6.71 Å². The van der Waals surface area contributed by atoms with E-state index in [1.165, 1.54) is 43.8 Å². The lowest BCUT2D eigenvalue weighted by Gasteiger charge is -2.46. The fourth-order valence-corrected chi connectivity index (χ4v) is 19.0. The predicted octanol–water partition coefficient (Wildman–Crippen LogP) is 29.2. The maximum absolute atomic E-state index is 10.8. The van der Waals surface area contributed by atoms with Crippen LogP contribution >= 0.6 is 0 Å². The first-order chi connectivity index (χ1) is 58.4. The minimum atomic E-state index is -0.379. The molecule has 2 aliphatic rings. The van der Waals surface area contributed by atoms with Crippen molar-refractivity contribution in [3.63, 3.8) is 0 Å². The topological polar surface area (TPSA) is 44.5 Å². The monoisotopic (exact) mass is 1560 g/mol. The highest BCUT2D eigenvalue weighted by Gasteiger charge is 2.47. The molecule has 20 rings (SSSR count). The van der Waals surface area contributed by atoms with E-state index in [0.717, 1.165) is 162 Å². The quantitative estimate of drug-likeness (QED) is 0.0958. The molecule has 582 valence electrons. The molecule has 18 aromatic rings. The summed E-state index contributed by atoms with van der Waals surface area (Å²) in [4.78, 5) is 9.48. The Hall–Kier alpha value is -14.2. The van der Waals surface area contributed by atoms with Gasteiger partial charge in [-0.1, -0.05) is 326 Å². The second kappa shape index (κ2) is 28.8. The van der Waals surface area contributed by atoms with Crippen molar-refractivity contribution in [2.45, 2.75) is 105 Å². The third kappa shape index (κ3) is 13.0. The third-order valence-corrected chi connectivity index (χ3v) is 25.3. The van der Waals surface area contributed by atoms with Gasteiger partial charge in [0, 0.05) is 77.9 Å². The maximum Gasteiger partial charge on any atom is 0.252 e. The van der Waals surface area contributed by atoms with Crippen LogP contribution < -0.4 is 26.2 Å². The Morgan fingerprint density at radius 3 is 0.967 bits per heavy atom. The number of rotatable bonds is 11. The Labute approximate surface area is 711 Å². The van der Waals surface area contributed by atoms with Crippen molar-refractivity contribution in [2.24, 2.45) is 0 Å². The van der Waals surface area contributed by atoms with Gasteiger partial charge in [0.15, 0.2) is 5.69 Å². The molecule has 121 heavy (non-hydrogen) atoms. The highest BCUT2D eigenvalue weighted by Crippen LogP contribution is 2.57. The van der Waals surface area contributed by atoms with E-state index >= 15 is 0 Å². The van der Waals surface area contributed by atoms with E-state index in [1.807, 2.05) is 24.3 Å². The Kier molecular flexibility index (Phi) is 18.0. The molecule has 0 spiro atoms. The molecule has 0 unspecified atom stereocenters. The number of fused-ring (bicyclic) bond motifs is 10. The van der Waals surface area contributed by atoms with Crippen LogP contribution in [0.1, 0.15) is 111 Å². The number of nitrogens with zero attached hydrogens (tertiary/aromatic N) is 6. The number of nitriles is 1. The Balaban J connectivity index is 1.01. The summed E-state index contributed by atoms with van der Waals surface area (Å²) in [6.45, 7) is 35.9. The van der Waals surface area contributed by atoms with Crippen LogP contribution in [0.15, 0.2) is 346 Å². The van der Waals surface area contributed by atoms with Gasteiger partial charge in [-0.3, -0.25) is 0 Å². The van der Waals surface area contributed by atoms with Gasteiger partial charge in [0.2, 0.25) is 0 Å². The van der Waals surface area contributed by atoms with Crippen molar-refractivity contribution in [1.29, 1.82) is 5.26 Å². The summed E-state index contributed by atoms with van der Waals surface area (Å²) >= 11 is 0. The van der Waals surface area contributed by atoms with Crippen LogP contribution in [0.25, 0.3) is 138 Å². The van der Waals surface area contributed by atoms with Gasteiger partial charge in [0.1, 0.15) is 0 Å². The molecule has 2 aliphatic heterocycles. The van der Waals surface area contributed by atoms with Crippen LogP contribution in [-0.4, -0.2) is 15.8 Å². The minimum absolute atomic E-state index is 0.218. The van der Waals surface area contributed by atoms with E-state index < -0.39 is 0 Å². The molecule has 0 saturated carbocycles. The maximum atomic E-state index is 10.8. The lowest BCUT2D eigenvalue weighted by Crippen LogP contribution is -2.61. The molecule has 0 atom stereocenters. The molecule has 6 nitrogen and oxygen atoms in total. The summed E-state index contributed by atoms with van der Waals surface area (Å²) in [5, 5.41) is 15.5. The van der Waals surface area contributed by atoms with Gasteiger partial charge in [-0.15, -0.1) is 0 Å². The summed E-state index contributed by atoms with van der Waals surface area (Å²) in [6.07, 6.45) is 0. The zero-order valence-electron chi connectivity index (χ0n) is 70.7. The van der Waals surface area contributed by atoms with Gasteiger partial charge in [-0.05, 0) is 219 Å². The summed E-state index contributed by atoms with van der Waals surface area (Å²) in [6, 6.07) is 132. The number of aromatic nitrogens is 2. The number of hydrogen-bond acceptors (Lipinski definition) is 3. The molecule has 16 aromatic carbocycles. The molecule has 0 N–H and O–H groups in total. The summed E-state index contributed by atoms with van der Waals surface area (Å²) in [5.41, 5.74) is 35.9. The van der Waals surface area contributed by atoms with Gasteiger partial charge in [0.05, 0.1) is 51.6 Å². The average Bonchev–Trinajstić information content (AvgIpc) is 1.14.